The molecule has 1 heterocycles. The molecular weight excluding hydrogens is 230 g/mol. The van der Waals surface area contributed by atoms with Crippen LogP contribution in [0, 0.1) is 6.92 Å². The summed E-state index contributed by atoms with van der Waals surface area (Å²) in [5, 5.41) is 9.15. The van der Waals surface area contributed by atoms with Gasteiger partial charge in [0.2, 0.25) is 5.89 Å². The summed E-state index contributed by atoms with van der Waals surface area (Å²) < 4.78 is 5.39. The van der Waals surface area contributed by atoms with Crippen LogP contribution in [0.25, 0.3) is 11.5 Å². The zero-order chi connectivity index (χ0) is 13.3. The second-order valence-corrected chi connectivity index (χ2v) is 4.78. The molecule has 1 N–H and O–H groups in total. The first-order valence-corrected chi connectivity index (χ1v) is 5.68. The van der Waals surface area contributed by atoms with E-state index in [2.05, 4.69) is 4.98 Å². The number of aliphatic carboxylic acids is 1. The Hall–Kier alpha value is -2.10. The minimum Gasteiger partial charge on any atom is -0.481 e. The fourth-order valence-corrected chi connectivity index (χ4v) is 1.61. The van der Waals surface area contributed by atoms with E-state index < -0.39 is 11.4 Å². The normalized spacial score (nSPS) is 11.5. The first-order valence-electron chi connectivity index (χ1n) is 5.68. The smallest absolute Gasteiger partial charge is 0.315 e. The lowest BCUT2D eigenvalue weighted by atomic mass is 9.90. The third-order valence-electron chi connectivity index (χ3n) is 3.05. The highest BCUT2D eigenvalue weighted by molar-refractivity contribution is 5.79. The van der Waals surface area contributed by atoms with Crippen molar-refractivity contribution < 1.29 is 14.3 Å². The van der Waals surface area contributed by atoms with E-state index in [9.17, 15) is 4.79 Å². The molecule has 0 fully saturated rings. The van der Waals surface area contributed by atoms with Crippen LogP contribution in [-0.4, -0.2) is 16.1 Å². The van der Waals surface area contributed by atoms with Crippen molar-refractivity contribution in [1.82, 2.24) is 4.98 Å². The number of benzene rings is 1. The van der Waals surface area contributed by atoms with Crippen LogP contribution in [0.3, 0.4) is 0 Å². The number of carboxylic acid groups (broad SMARTS) is 1. The maximum absolute atomic E-state index is 11.2. The van der Waals surface area contributed by atoms with Crippen LogP contribution in [0.15, 0.2) is 34.9 Å². The molecule has 0 aliphatic rings. The van der Waals surface area contributed by atoms with Gasteiger partial charge in [-0.05, 0) is 32.4 Å². The van der Waals surface area contributed by atoms with Gasteiger partial charge < -0.3 is 9.52 Å². The van der Waals surface area contributed by atoms with Crippen LogP contribution in [0.4, 0.5) is 0 Å². The van der Waals surface area contributed by atoms with Crippen LogP contribution in [0.2, 0.25) is 0 Å². The van der Waals surface area contributed by atoms with E-state index in [4.69, 9.17) is 9.52 Å². The van der Waals surface area contributed by atoms with Gasteiger partial charge in [-0.3, -0.25) is 4.79 Å². The summed E-state index contributed by atoms with van der Waals surface area (Å²) in [6.07, 6.45) is 1.41. The highest BCUT2D eigenvalue weighted by Crippen LogP contribution is 2.28. The molecule has 0 saturated carbocycles. The summed E-state index contributed by atoms with van der Waals surface area (Å²) in [6, 6.07) is 7.69. The highest BCUT2D eigenvalue weighted by Gasteiger charge is 2.33. The molecule has 0 bridgehead atoms. The van der Waals surface area contributed by atoms with Crippen molar-refractivity contribution in [3.63, 3.8) is 0 Å². The number of nitrogens with zero attached hydrogens (tertiary/aromatic N) is 1. The number of aromatic nitrogens is 1. The first-order chi connectivity index (χ1) is 8.43. The molecular formula is C14H15NO3. The fraction of sp³-hybridized carbons (Fsp3) is 0.286. The highest BCUT2D eigenvalue weighted by atomic mass is 16.4. The minimum atomic E-state index is -1.05. The van der Waals surface area contributed by atoms with Crippen molar-refractivity contribution in [2.24, 2.45) is 0 Å². The Balaban J connectivity index is 2.44. The van der Waals surface area contributed by atoms with Crippen molar-refractivity contribution in [2.75, 3.05) is 0 Å². The standard InChI is InChI=1S/C14H15NO3/c1-9-6-4-5-7-10(9)12-15-11(8-18-12)14(2,3)13(16)17/h4-8H,1-3H3,(H,16,17). The third-order valence-corrected chi connectivity index (χ3v) is 3.05. The van der Waals surface area contributed by atoms with Crippen molar-refractivity contribution in [1.29, 1.82) is 0 Å². The van der Waals surface area contributed by atoms with Gasteiger partial charge >= 0.3 is 5.97 Å². The summed E-state index contributed by atoms with van der Waals surface area (Å²) in [5.41, 5.74) is 1.29. The Morgan fingerprint density at radius 1 is 1.33 bits per heavy atom. The average Bonchev–Trinajstić information content (AvgIpc) is 2.79. The summed E-state index contributed by atoms with van der Waals surface area (Å²) >= 11 is 0. The van der Waals surface area contributed by atoms with E-state index in [0.717, 1.165) is 11.1 Å². The number of hydrogen-bond donors (Lipinski definition) is 1. The fourth-order valence-electron chi connectivity index (χ4n) is 1.61. The Kier molecular flexibility index (Phi) is 2.95. The lowest BCUT2D eigenvalue weighted by Crippen LogP contribution is -2.28. The zero-order valence-electron chi connectivity index (χ0n) is 10.6. The van der Waals surface area contributed by atoms with Crippen molar-refractivity contribution in [2.45, 2.75) is 26.2 Å². The average molecular weight is 245 g/mol. The predicted molar refractivity (Wildman–Crippen MR) is 67.3 cm³/mol. The second kappa shape index (κ2) is 4.29. The molecule has 0 radical (unpaired) electrons. The van der Waals surface area contributed by atoms with Crippen LogP contribution in [-0.2, 0) is 10.2 Å². The van der Waals surface area contributed by atoms with E-state index in [0.29, 0.717) is 11.6 Å². The van der Waals surface area contributed by atoms with E-state index in [-0.39, 0.29) is 0 Å². The van der Waals surface area contributed by atoms with Crippen LogP contribution >= 0.6 is 0 Å². The van der Waals surface area contributed by atoms with Crippen molar-refractivity contribution >= 4 is 5.97 Å². The molecule has 2 rings (SSSR count). The van der Waals surface area contributed by atoms with Gasteiger partial charge in [-0.1, -0.05) is 18.2 Å². The van der Waals surface area contributed by atoms with Crippen LogP contribution in [0.1, 0.15) is 25.1 Å². The van der Waals surface area contributed by atoms with E-state index in [1.807, 2.05) is 31.2 Å². The number of aryl methyl sites for hydroxylation is 1. The Morgan fingerprint density at radius 3 is 2.61 bits per heavy atom. The molecule has 0 atom stereocenters. The predicted octanol–water partition coefficient (Wildman–Crippen LogP) is 3.01. The molecule has 0 unspecified atom stereocenters. The maximum atomic E-state index is 11.2. The van der Waals surface area contributed by atoms with Gasteiger partial charge in [0.05, 0.1) is 5.69 Å². The third kappa shape index (κ3) is 2.01. The van der Waals surface area contributed by atoms with E-state index >= 15 is 0 Å². The molecule has 4 heteroatoms. The van der Waals surface area contributed by atoms with Gasteiger partial charge in [0.1, 0.15) is 11.7 Å². The van der Waals surface area contributed by atoms with Gasteiger partial charge in [-0.15, -0.1) is 0 Å². The van der Waals surface area contributed by atoms with Crippen molar-refractivity contribution in [3.05, 3.63) is 41.8 Å². The van der Waals surface area contributed by atoms with Crippen LogP contribution in [0.5, 0.6) is 0 Å². The zero-order valence-corrected chi connectivity index (χ0v) is 10.6. The van der Waals surface area contributed by atoms with E-state index in [1.54, 1.807) is 13.8 Å². The monoisotopic (exact) mass is 245 g/mol. The molecule has 0 aliphatic carbocycles. The number of hydrogen-bond acceptors (Lipinski definition) is 3. The van der Waals surface area contributed by atoms with Gasteiger partial charge in [0.15, 0.2) is 0 Å². The maximum Gasteiger partial charge on any atom is 0.315 e. The minimum absolute atomic E-state index is 0.424. The molecule has 0 aliphatic heterocycles. The van der Waals surface area contributed by atoms with Gasteiger partial charge in [-0.25, -0.2) is 4.98 Å². The largest absolute Gasteiger partial charge is 0.481 e. The van der Waals surface area contributed by atoms with Gasteiger partial charge in [0.25, 0.3) is 0 Å². The molecule has 94 valence electrons. The molecule has 4 nitrogen and oxygen atoms in total. The summed E-state index contributed by atoms with van der Waals surface area (Å²) in [4.78, 5) is 15.4. The molecule has 1 aromatic carbocycles. The molecule has 0 amide bonds. The number of rotatable bonds is 3. The van der Waals surface area contributed by atoms with Gasteiger partial charge in [0, 0.05) is 5.56 Å². The second-order valence-electron chi connectivity index (χ2n) is 4.78. The topological polar surface area (TPSA) is 63.3 Å². The summed E-state index contributed by atoms with van der Waals surface area (Å²) in [5.74, 6) is -0.468. The van der Waals surface area contributed by atoms with E-state index in [1.165, 1.54) is 6.26 Å². The number of oxazole rings is 1. The molecule has 1 aromatic heterocycles. The molecule has 2 aromatic rings. The lowest BCUT2D eigenvalue weighted by molar-refractivity contribution is -0.142. The van der Waals surface area contributed by atoms with Crippen molar-refractivity contribution in [3.8, 4) is 11.5 Å². The Labute approximate surface area is 105 Å². The SMILES string of the molecule is Cc1ccccc1-c1nc(C(C)(C)C(=O)O)co1. The lowest BCUT2D eigenvalue weighted by Gasteiger charge is -2.14. The quantitative estimate of drug-likeness (QED) is 0.902. The molecule has 18 heavy (non-hydrogen) atoms. The van der Waals surface area contributed by atoms with Gasteiger partial charge in [-0.2, -0.15) is 0 Å². The van der Waals surface area contributed by atoms with Crippen LogP contribution < -0.4 is 0 Å². The molecule has 0 saturated heterocycles. The molecule has 0 spiro atoms. The Bertz CT molecular complexity index is 584. The number of carboxylic acids is 1. The Morgan fingerprint density at radius 2 is 2.00 bits per heavy atom. The summed E-state index contributed by atoms with van der Waals surface area (Å²) in [6.45, 7) is 5.17. The number of carbonyl (C=O) groups is 1. The first kappa shape index (κ1) is 12.4. The summed E-state index contributed by atoms with van der Waals surface area (Å²) in [7, 11) is 0.